The number of hydrogen-bond acceptors (Lipinski definition) is 4. The second-order valence-corrected chi connectivity index (χ2v) is 7.21. The highest BCUT2D eigenvalue weighted by atomic mass is 16.2. The van der Waals surface area contributed by atoms with Gasteiger partial charge in [0.2, 0.25) is 11.8 Å². The van der Waals surface area contributed by atoms with Crippen LogP contribution >= 0.6 is 0 Å². The SMILES string of the molecule is O=C1CCN(Cc2ccncc2)CCCC(C(=O)Nc2ccccc2)CCN1. The summed E-state index contributed by atoms with van der Waals surface area (Å²) in [7, 11) is 0. The van der Waals surface area contributed by atoms with E-state index in [-0.39, 0.29) is 17.7 Å². The van der Waals surface area contributed by atoms with Crippen LogP contribution in [0.3, 0.4) is 0 Å². The fourth-order valence-electron chi connectivity index (χ4n) is 3.48. The Balaban J connectivity index is 1.60. The number of hydrogen-bond donors (Lipinski definition) is 2. The van der Waals surface area contributed by atoms with Gasteiger partial charge in [-0.1, -0.05) is 18.2 Å². The molecule has 0 radical (unpaired) electrons. The van der Waals surface area contributed by atoms with Crippen LogP contribution in [0.5, 0.6) is 0 Å². The predicted octanol–water partition coefficient (Wildman–Crippen LogP) is 2.83. The molecule has 148 valence electrons. The minimum absolute atomic E-state index is 0.0281. The van der Waals surface area contributed by atoms with E-state index in [0.717, 1.165) is 38.2 Å². The Kier molecular flexibility index (Phi) is 7.55. The van der Waals surface area contributed by atoms with Crippen LogP contribution in [0, 0.1) is 5.92 Å². The maximum atomic E-state index is 12.7. The van der Waals surface area contributed by atoms with E-state index in [1.54, 1.807) is 12.4 Å². The van der Waals surface area contributed by atoms with Gasteiger partial charge in [0, 0.05) is 50.1 Å². The number of benzene rings is 1. The molecule has 1 aromatic carbocycles. The summed E-state index contributed by atoms with van der Waals surface area (Å²) >= 11 is 0. The van der Waals surface area contributed by atoms with E-state index in [9.17, 15) is 9.59 Å². The first kappa shape index (κ1) is 20.0. The van der Waals surface area contributed by atoms with E-state index in [1.165, 1.54) is 5.56 Å². The molecule has 1 aliphatic rings. The van der Waals surface area contributed by atoms with Gasteiger partial charge in [-0.2, -0.15) is 0 Å². The topological polar surface area (TPSA) is 74.3 Å². The fourth-order valence-corrected chi connectivity index (χ4v) is 3.48. The zero-order valence-electron chi connectivity index (χ0n) is 16.1. The number of carbonyl (C=O) groups excluding carboxylic acids is 2. The minimum Gasteiger partial charge on any atom is -0.356 e. The van der Waals surface area contributed by atoms with Crippen molar-refractivity contribution in [1.82, 2.24) is 15.2 Å². The Morgan fingerprint density at radius 3 is 2.68 bits per heavy atom. The van der Waals surface area contributed by atoms with E-state index in [2.05, 4.69) is 20.5 Å². The molecule has 6 nitrogen and oxygen atoms in total. The minimum atomic E-state index is -0.110. The molecule has 2 N–H and O–H groups in total. The zero-order valence-corrected chi connectivity index (χ0v) is 16.1. The Morgan fingerprint density at radius 1 is 1.11 bits per heavy atom. The van der Waals surface area contributed by atoms with Crippen molar-refractivity contribution in [3.05, 3.63) is 60.4 Å². The highest BCUT2D eigenvalue weighted by molar-refractivity contribution is 5.92. The van der Waals surface area contributed by atoms with E-state index < -0.39 is 0 Å². The number of para-hydroxylation sites is 1. The summed E-state index contributed by atoms with van der Waals surface area (Å²) in [5.74, 6) is -0.0365. The van der Waals surface area contributed by atoms with Gasteiger partial charge in [-0.05, 0) is 55.6 Å². The lowest BCUT2D eigenvalue weighted by atomic mass is 9.98. The molecule has 6 heteroatoms. The largest absolute Gasteiger partial charge is 0.356 e. The lowest BCUT2D eigenvalue weighted by molar-refractivity contribution is -0.122. The van der Waals surface area contributed by atoms with Crippen LogP contribution < -0.4 is 10.6 Å². The summed E-state index contributed by atoms with van der Waals surface area (Å²) in [5, 5.41) is 5.96. The van der Waals surface area contributed by atoms with Crippen molar-refractivity contribution < 1.29 is 9.59 Å². The van der Waals surface area contributed by atoms with Crippen molar-refractivity contribution in [2.45, 2.75) is 32.2 Å². The third kappa shape index (κ3) is 6.46. The van der Waals surface area contributed by atoms with Crippen molar-refractivity contribution in [3.8, 4) is 0 Å². The molecular formula is C22H28N4O2. The van der Waals surface area contributed by atoms with Crippen LogP contribution in [0.25, 0.3) is 0 Å². The van der Waals surface area contributed by atoms with Gasteiger partial charge in [0.25, 0.3) is 0 Å². The van der Waals surface area contributed by atoms with E-state index in [4.69, 9.17) is 0 Å². The lowest BCUT2D eigenvalue weighted by Crippen LogP contribution is -2.31. The summed E-state index contributed by atoms with van der Waals surface area (Å²) in [5.41, 5.74) is 1.99. The van der Waals surface area contributed by atoms with Gasteiger partial charge < -0.3 is 10.6 Å². The van der Waals surface area contributed by atoms with Crippen LogP contribution in [0.15, 0.2) is 54.9 Å². The Bertz CT molecular complexity index is 752. The summed E-state index contributed by atoms with van der Waals surface area (Å²) < 4.78 is 0. The molecule has 1 aromatic heterocycles. The van der Waals surface area contributed by atoms with Crippen molar-refractivity contribution in [2.75, 3.05) is 25.0 Å². The number of pyridine rings is 1. The van der Waals surface area contributed by atoms with Crippen LogP contribution in [-0.2, 0) is 16.1 Å². The fraction of sp³-hybridized carbons (Fsp3) is 0.409. The second-order valence-electron chi connectivity index (χ2n) is 7.21. The van der Waals surface area contributed by atoms with Gasteiger partial charge in [0.15, 0.2) is 0 Å². The molecule has 1 aliphatic heterocycles. The van der Waals surface area contributed by atoms with Gasteiger partial charge >= 0.3 is 0 Å². The predicted molar refractivity (Wildman–Crippen MR) is 110 cm³/mol. The first-order chi connectivity index (χ1) is 13.7. The average Bonchev–Trinajstić information content (AvgIpc) is 2.75. The highest BCUT2D eigenvalue weighted by Crippen LogP contribution is 2.17. The van der Waals surface area contributed by atoms with Crippen LogP contribution in [-0.4, -0.2) is 41.3 Å². The molecule has 2 amide bonds. The van der Waals surface area contributed by atoms with Gasteiger partial charge in [-0.25, -0.2) is 0 Å². The van der Waals surface area contributed by atoms with E-state index in [0.29, 0.717) is 19.4 Å². The number of carbonyl (C=O) groups is 2. The van der Waals surface area contributed by atoms with Crippen molar-refractivity contribution >= 4 is 17.5 Å². The van der Waals surface area contributed by atoms with Gasteiger partial charge in [-0.3, -0.25) is 19.5 Å². The first-order valence-corrected chi connectivity index (χ1v) is 9.94. The molecule has 1 atom stereocenters. The molecule has 1 fully saturated rings. The van der Waals surface area contributed by atoms with Crippen molar-refractivity contribution in [3.63, 3.8) is 0 Å². The van der Waals surface area contributed by atoms with Crippen LogP contribution in [0.4, 0.5) is 5.69 Å². The third-order valence-corrected chi connectivity index (χ3v) is 5.06. The molecule has 28 heavy (non-hydrogen) atoms. The average molecular weight is 380 g/mol. The monoisotopic (exact) mass is 380 g/mol. The Morgan fingerprint density at radius 2 is 1.89 bits per heavy atom. The van der Waals surface area contributed by atoms with Gasteiger partial charge in [0.05, 0.1) is 0 Å². The quantitative estimate of drug-likeness (QED) is 0.855. The molecule has 0 saturated carbocycles. The number of amides is 2. The van der Waals surface area contributed by atoms with Crippen molar-refractivity contribution in [1.29, 1.82) is 0 Å². The molecule has 2 heterocycles. The Labute approximate surface area is 166 Å². The van der Waals surface area contributed by atoms with E-state index in [1.807, 2.05) is 42.5 Å². The Hall–Kier alpha value is -2.73. The van der Waals surface area contributed by atoms with E-state index >= 15 is 0 Å². The number of nitrogens with zero attached hydrogens (tertiary/aromatic N) is 2. The number of anilines is 1. The molecule has 1 saturated heterocycles. The van der Waals surface area contributed by atoms with Crippen molar-refractivity contribution in [2.24, 2.45) is 5.92 Å². The molecule has 2 aromatic rings. The molecule has 1 unspecified atom stereocenters. The molecule has 0 spiro atoms. The first-order valence-electron chi connectivity index (χ1n) is 9.94. The molecule has 0 aliphatic carbocycles. The highest BCUT2D eigenvalue weighted by Gasteiger charge is 2.20. The summed E-state index contributed by atoms with van der Waals surface area (Å²) in [6.07, 6.45) is 6.45. The lowest BCUT2D eigenvalue weighted by Gasteiger charge is -2.22. The summed E-state index contributed by atoms with van der Waals surface area (Å²) in [4.78, 5) is 31.2. The number of aromatic nitrogens is 1. The van der Waals surface area contributed by atoms with Crippen LogP contribution in [0.2, 0.25) is 0 Å². The molecular weight excluding hydrogens is 352 g/mol. The number of rotatable bonds is 4. The molecule has 0 bridgehead atoms. The maximum Gasteiger partial charge on any atom is 0.227 e. The standard InChI is InChI=1S/C22H28N4O2/c27-21-11-16-26(17-18-8-12-23-13-9-18)15-4-5-19(10-14-24-21)22(28)25-20-6-2-1-3-7-20/h1-3,6-9,12-13,19H,4-5,10-11,14-17H2,(H,24,27)(H,25,28). The van der Waals surface area contributed by atoms with Gasteiger partial charge in [-0.15, -0.1) is 0 Å². The second kappa shape index (κ2) is 10.6. The maximum absolute atomic E-state index is 12.7. The smallest absolute Gasteiger partial charge is 0.227 e. The molecule has 3 rings (SSSR count). The summed E-state index contributed by atoms with van der Waals surface area (Å²) in [6, 6.07) is 13.5. The zero-order chi connectivity index (χ0) is 19.6. The van der Waals surface area contributed by atoms with Gasteiger partial charge in [0.1, 0.15) is 0 Å². The third-order valence-electron chi connectivity index (χ3n) is 5.06. The normalized spacial score (nSPS) is 19.3. The number of nitrogens with one attached hydrogen (secondary N) is 2. The van der Waals surface area contributed by atoms with Crippen LogP contribution in [0.1, 0.15) is 31.2 Å². The summed E-state index contributed by atoms with van der Waals surface area (Å²) in [6.45, 7) is 2.91.